The minimum atomic E-state index is -3.15. The Morgan fingerprint density at radius 1 is 1.15 bits per heavy atom. The highest BCUT2D eigenvalue weighted by atomic mass is 32.2. The van der Waals surface area contributed by atoms with Gasteiger partial charge in [0.25, 0.3) is 0 Å². The van der Waals surface area contributed by atoms with Gasteiger partial charge in [-0.25, -0.2) is 28.2 Å². The molecule has 3 atom stereocenters. The number of ether oxygens (including phenoxy) is 2. The molecule has 0 unspecified atom stereocenters. The number of aromatic nitrogens is 3. The summed E-state index contributed by atoms with van der Waals surface area (Å²) in [5.74, 6) is 0.836. The van der Waals surface area contributed by atoms with Crippen LogP contribution in [0.3, 0.4) is 0 Å². The molecule has 0 fully saturated rings. The zero-order valence-electron chi connectivity index (χ0n) is 24.4. The predicted octanol–water partition coefficient (Wildman–Crippen LogP) is 4.85. The third-order valence-corrected chi connectivity index (χ3v) is 9.61. The second kappa shape index (κ2) is 10.6. The van der Waals surface area contributed by atoms with Crippen LogP contribution in [-0.2, 0) is 20.1 Å². The van der Waals surface area contributed by atoms with E-state index in [1.54, 1.807) is 31.5 Å². The van der Waals surface area contributed by atoms with Crippen molar-refractivity contribution in [2.75, 3.05) is 16.8 Å². The molecule has 216 valence electrons. The second-order valence-corrected chi connectivity index (χ2v) is 14.2. The van der Waals surface area contributed by atoms with Crippen molar-refractivity contribution in [2.45, 2.75) is 78.6 Å². The van der Waals surface area contributed by atoms with Gasteiger partial charge in [0.15, 0.2) is 0 Å². The SMILES string of the molecule is CCS(=O)(=O)C[C@@H](C)[C@H](C)Oc1ncc(C(C)(C)N)c2cc(Nc3ccc4c(n3)[C@@H](C)C(C)(C)OC4=O)ncc12. The van der Waals surface area contributed by atoms with Crippen LogP contribution in [0, 0.1) is 5.92 Å². The first-order valence-corrected chi connectivity index (χ1v) is 15.3. The van der Waals surface area contributed by atoms with Crippen molar-refractivity contribution in [2.24, 2.45) is 11.7 Å². The van der Waals surface area contributed by atoms with Crippen molar-refractivity contribution >= 4 is 38.2 Å². The highest BCUT2D eigenvalue weighted by Gasteiger charge is 2.40. The maximum Gasteiger partial charge on any atom is 0.340 e. The van der Waals surface area contributed by atoms with Crippen LogP contribution in [-0.4, -0.2) is 52.5 Å². The van der Waals surface area contributed by atoms with Crippen LogP contribution in [0.5, 0.6) is 5.88 Å². The Morgan fingerprint density at radius 2 is 1.85 bits per heavy atom. The molecule has 0 bridgehead atoms. The fraction of sp³-hybridized carbons (Fsp3) is 0.517. The number of esters is 1. The monoisotopic (exact) mass is 569 g/mol. The number of fused-ring (bicyclic) bond motifs is 2. The molecule has 0 aliphatic carbocycles. The molecule has 10 nitrogen and oxygen atoms in total. The molecule has 4 rings (SSSR count). The number of hydrogen-bond acceptors (Lipinski definition) is 10. The molecule has 0 saturated heterocycles. The molecular weight excluding hydrogens is 530 g/mol. The molecular formula is C29H39N5O5S. The van der Waals surface area contributed by atoms with E-state index in [4.69, 9.17) is 20.2 Å². The fourth-order valence-corrected chi connectivity index (χ4v) is 5.93. The Hall–Kier alpha value is -3.31. The lowest BCUT2D eigenvalue weighted by atomic mass is 9.84. The van der Waals surface area contributed by atoms with Crippen LogP contribution < -0.4 is 15.8 Å². The number of nitrogens with two attached hydrogens (primary N) is 1. The number of nitrogens with zero attached hydrogens (tertiary/aromatic N) is 3. The van der Waals surface area contributed by atoms with Crippen LogP contribution in [0.4, 0.5) is 11.6 Å². The van der Waals surface area contributed by atoms with E-state index in [9.17, 15) is 13.2 Å². The van der Waals surface area contributed by atoms with Gasteiger partial charge in [0.2, 0.25) is 5.88 Å². The first-order chi connectivity index (χ1) is 18.5. The normalized spacial score (nSPS) is 18.5. The Labute approximate surface area is 236 Å². The zero-order valence-corrected chi connectivity index (χ0v) is 25.2. The number of hydrogen-bond donors (Lipinski definition) is 2. The van der Waals surface area contributed by atoms with Gasteiger partial charge in [-0.15, -0.1) is 0 Å². The van der Waals surface area contributed by atoms with Crippen LogP contribution in [0.25, 0.3) is 10.8 Å². The number of rotatable bonds is 9. The summed E-state index contributed by atoms with van der Waals surface area (Å²) in [4.78, 5) is 26.3. The lowest BCUT2D eigenvalue weighted by Crippen LogP contribution is -2.39. The molecule has 0 radical (unpaired) electrons. The first-order valence-electron chi connectivity index (χ1n) is 13.5. The highest BCUT2D eigenvalue weighted by molar-refractivity contribution is 7.91. The Bertz CT molecular complexity index is 1550. The third-order valence-electron chi connectivity index (χ3n) is 7.69. The predicted molar refractivity (Wildman–Crippen MR) is 156 cm³/mol. The van der Waals surface area contributed by atoms with E-state index in [2.05, 4.69) is 15.3 Å². The van der Waals surface area contributed by atoms with Crippen LogP contribution in [0.1, 0.15) is 82.9 Å². The summed E-state index contributed by atoms with van der Waals surface area (Å²) >= 11 is 0. The van der Waals surface area contributed by atoms with Gasteiger partial charge in [-0.05, 0) is 63.8 Å². The van der Waals surface area contributed by atoms with E-state index < -0.39 is 27.1 Å². The minimum Gasteiger partial charge on any atom is -0.474 e. The van der Waals surface area contributed by atoms with Gasteiger partial charge in [0.1, 0.15) is 33.2 Å². The van der Waals surface area contributed by atoms with Gasteiger partial charge in [-0.1, -0.05) is 20.8 Å². The van der Waals surface area contributed by atoms with Crippen molar-refractivity contribution in [3.05, 3.63) is 47.4 Å². The third kappa shape index (κ3) is 6.05. The van der Waals surface area contributed by atoms with E-state index >= 15 is 0 Å². The van der Waals surface area contributed by atoms with E-state index in [0.717, 1.165) is 10.9 Å². The molecule has 4 heterocycles. The summed E-state index contributed by atoms with van der Waals surface area (Å²) in [5, 5.41) is 4.72. The largest absolute Gasteiger partial charge is 0.474 e. The number of carbonyl (C=O) groups excluding carboxylic acids is 1. The highest BCUT2D eigenvalue weighted by Crippen LogP contribution is 2.38. The molecule has 0 spiro atoms. The average Bonchev–Trinajstić information content (AvgIpc) is 2.86. The van der Waals surface area contributed by atoms with Gasteiger partial charge in [-0.3, -0.25) is 0 Å². The number of sulfone groups is 1. The molecule has 0 amide bonds. The zero-order chi connectivity index (χ0) is 29.6. The Kier molecular flexibility index (Phi) is 7.85. The standard InChI is InChI=1S/C29H39N5O5S/c1-9-40(36,37)15-16(2)18(4)38-26-21-13-31-24(12-20(21)22(14-32-26)28(5,6)30)33-23-11-10-19-25(34-23)17(3)29(7,8)39-27(19)35/h10-14,16-18H,9,15,30H2,1-8H3,(H,31,33,34)/t16-,17-,18+/m1/s1. The molecule has 3 N–H and O–H groups in total. The summed E-state index contributed by atoms with van der Waals surface area (Å²) in [6.07, 6.45) is 2.95. The molecule has 3 aromatic heterocycles. The molecule has 11 heteroatoms. The molecule has 0 aromatic carbocycles. The Morgan fingerprint density at radius 3 is 2.50 bits per heavy atom. The lowest BCUT2D eigenvalue weighted by molar-refractivity contribution is -0.0189. The van der Waals surface area contributed by atoms with Gasteiger partial charge in [-0.2, -0.15) is 0 Å². The first kappa shape index (κ1) is 29.7. The molecule has 1 aliphatic heterocycles. The quantitative estimate of drug-likeness (QED) is 0.343. The Balaban J connectivity index is 1.69. The van der Waals surface area contributed by atoms with Crippen LogP contribution >= 0.6 is 0 Å². The second-order valence-electron chi connectivity index (χ2n) is 11.8. The maximum atomic E-state index is 12.5. The molecule has 1 aliphatic rings. The van der Waals surface area contributed by atoms with Crippen molar-refractivity contribution in [1.29, 1.82) is 0 Å². The summed E-state index contributed by atoms with van der Waals surface area (Å²) in [5.41, 5.74) is 7.04. The number of pyridine rings is 3. The minimum absolute atomic E-state index is 0.0319. The van der Waals surface area contributed by atoms with E-state index in [-0.39, 0.29) is 29.3 Å². The van der Waals surface area contributed by atoms with Crippen LogP contribution in [0.15, 0.2) is 30.6 Å². The average molecular weight is 570 g/mol. The number of carbonyl (C=O) groups is 1. The summed E-state index contributed by atoms with van der Waals surface area (Å²) in [6.45, 7) is 14.9. The lowest BCUT2D eigenvalue weighted by Gasteiger charge is -2.36. The maximum absolute atomic E-state index is 12.5. The number of nitrogens with one attached hydrogen (secondary N) is 1. The van der Waals surface area contributed by atoms with Crippen LogP contribution in [0.2, 0.25) is 0 Å². The van der Waals surface area contributed by atoms with Crippen molar-refractivity contribution in [3.63, 3.8) is 0 Å². The van der Waals surface area contributed by atoms with E-state index in [0.29, 0.717) is 34.2 Å². The smallest absolute Gasteiger partial charge is 0.340 e. The molecule has 3 aromatic rings. The van der Waals surface area contributed by atoms with Gasteiger partial charge >= 0.3 is 5.97 Å². The van der Waals surface area contributed by atoms with Crippen molar-refractivity contribution < 1.29 is 22.7 Å². The summed E-state index contributed by atoms with van der Waals surface area (Å²) in [6, 6.07) is 5.30. The van der Waals surface area contributed by atoms with Crippen molar-refractivity contribution in [1.82, 2.24) is 15.0 Å². The van der Waals surface area contributed by atoms with E-state index in [1.165, 1.54) is 0 Å². The fourth-order valence-electron chi connectivity index (χ4n) is 4.62. The number of anilines is 2. The van der Waals surface area contributed by atoms with E-state index in [1.807, 2.05) is 54.5 Å². The summed E-state index contributed by atoms with van der Waals surface area (Å²) in [7, 11) is -3.15. The number of cyclic esters (lactones) is 1. The molecule has 0 saturated carbocycles. The van der Waals surface area contributed by atoms with Gasteiger partial charge in [0.05, 0.1) is 22.4 Å². The van der Waals surface area contributed by atoms with Gasteiger partial charge < -0.3 is 20.5 Å². The summed E-state index contributed by atoms with van der Waals surface area (Å²) < 4.78 is 36.0. The topological polar surface area (TPSA) is 146 Å². The van der Waals surface area contributed by atoms with Crippen molar-refractivity contribution in [3.8, 4) is 5.88 Å². The van der Waals surface area contributed by atoms with Gasteiger partial charge in [0, 0.05) is 35.5 Å². The molecule has 40 heavy (non-hydrogen) atoms.